The monoisotopic (exact) mass is 330 g/mol. The fraction of sp³-hybridized carbons (Fsp3) is 0.333. The summed E-state index contributed by atoms with van der Waals surface area (Å²) in [6.07, 6.45) is 4.29. The molecule has 0 aliphatic heterocycles. The van der Waals surface area contributed by atoms with Crippen molar-refractivity contribution in [1.82, 2.24) is 4.98 Å². The molecule has 1 aliphatic rings. The molecule has 0 radical (unpaired) electrons. The maximum atomic E-state index is 12.8. The van der Waals surface area contributed by atoms with Crippen molar-refractivity contribution in [2.24, 2.45) is 0 Å². The fourth-order valence-corrected chi connectivity index (χ4v) is 2.72. The van der Waals surface area contributed by atoms with Crippen LogP contribution in [-0.4, -0.2) is 28.2 Å². The van der Waals surface area contributed by atoms with E-state index in [1.807, 2.05) is 0 Å². The quantitative estimate of drug-likeness (QED) is 0.845. The van der Waals surface area contributed by atoms with Gasteiger partial charge in [-0.15, -0.1) is 0 Å². The molecule has 1 saturated carbocycles. The second-order valence-electron chi connectivity index (χ2n) is 5.86. The van der Waals surface area contributed by atoms with Crippen LogP contribution in [0.1, 0.15) is 36.0 Å². The van der Waals surface area contributed by atoms with E-state index in [1.165, 1.54) is 12.3 Å². The number of rotatable bonds is 4. The van der Waals surface area contributed by atoms with E-state index in [1.54, 1.807) is 24.3 Å². The van der Waals surface area contributed by atoms with E-state index in [4.69, 9.17) is 4.74 Å². The number of amides is 1. The molecule has 6 heteroatoms. The van der Waals surface area contributed by atoms with Gasteiger partial charge in [0.2, 0.25) is 5.95 Å². The van der Waals surface area contributed by atoms with E-state index in [2.05, 4.69) is 10.3 Å². The zero-order valence-corrected chi connectivity index (χ0v) is 13.1. The Morgan fingerprint density at radius 2 is 1.92 bits per heavy atom. The zero-order chi connectivity index (χ0) is 16.9. The summed E-state index contributed by atoms with van der Waals surface area (Å²) in [6.45, 7) is 0. The second-order valence-corrected chi connectivity index (χ2v) is 5.86. The average Bonchev–Trinajstić information content (AvgIpc) is 2.59. The number of hydrogen-bond donors (Lipinski definition) is 2. The molecule has 3 rings (SSSR count). The summed E-state index contributed by atoms with van der Waals surface area (Å²) < 4.78 is 18.6. The highest BCUT2D eigenvalue weighted by molar-refractivity contribution is 6.04. The smallest absolute Gasteiger partial charge is 0.257 e. The number of anilines is 1. The number of carbonyl (C=O) groups excluding carboxylic acids is 1. The normalized spacial score (nSPS) is 20.4. The lowest BCUT2D eigenvalue weighted by molar-refractivity contribution is 0.00688. The van der Waals surface area contributed by atoms with Crippen molar-refractivity contribution < 1.29 is 19.0 Å². The van der Waals surface area contributed by atoms with Crippen molar-refractivity contribution in [2.45, 2.75) is 37.9 Å². The minimum Gasteiger partial charge on any atom is -0.488 e. The van der Waals surface area contributed by atoms with Crippen LogP contribution < -0.4 is 10.1 Å². The van der Waals surface area contributed by atoms with Gasteiger partial charge in [0, 0.05) is 11.9 Å². The third-order valence-electron chi connectivity index (χ3n) is 4.06. The van der Waals surface area contributed by atoms with E-state index in [9.17, 15) is 14.3 Å². The Balaban J connectivity index is 1.59. The van der Waals surface area contributed by atoms with E-state index in [-0.39, 0.29) is 17.6 Å². The van der Waals surface area contributed by atoms with E-state index < -0.39 is 12.1 Å². The molecule has 24 heavy (non-hydrogen) atoms. The summed E-state index contributed by atoms with van der Waals surface area (Å²) in [5.74, 6) is -0.334. The number of halogens is 1. The van der Waals surface area contributed by atoms with Gasteiger partial charge in [-0.1, -0.05) is 6.42 Å². The standard InChI is InChI=1S/C18H19FN2O3/c19-17-10-5-12(11-20-17)18(23)21-13-6-8-14(9-7-13)24-16-4-2-1-3-15(16)22/h5-11,15-16,22H,1-4H2,(H,21,23). The largest absolute Gasteiger partial charge is 0.488 e. The van der Waals surface area contributed by atoms with Crippen LogP contribution in [0.25, 0.3) is 0 Å². The lowest BCUT2D eigenvalue weighted by Gasteiger charge is -2.28. The van der Waals surface area contributed by atoms with E-state index in [0.717, 1.165) is 31.7 Å². The third-order valence-corrected chi connectivity index (χ3v) is 4.06. The number of aliphatic hydroxyl groups is 1. The maximum absolute atomic E-state index is 12.8. The maximum Gasteiger partial charge on any atom is 0.257 e. The molecule has 1 heterocycles. The molecular formula is C18H19FN2O3. The summed E-state index contributed by atoms with van der Waals surface area (Å²) in [6, 6.07) is 9.46. The van der Waals surface area contributed by atoms with Crippen LogP contribution >= 0.6 is 0 Å². The summed E-state index contributed by atoms with van der Waals surface area (Å²) in [5.41, 5.74) is 0.878. The molecule has 1 amide bonds. The topological polar surface area (TPSA) is 71.5 Å². The van der Waals surface area contributed by atoms with Crippen molar-refractivity contribution in [2.75, 3.05) is 5.32 Å². The molecule has 0 bridgehead atoms. The predicted molar refractivity (Wildman–Crippen MR) is 87.5 cm³/mol. The molecule has 1 aromatic carbocycles. The molecule has 2 aromatic rings. The molecule has 126 valence electrons. The van der Waals surface area contributed by atoms with E-state index in [0.29, 0.717) is 11.4 Å². The molecule has 5 nitrogen and oxygen atoms in total. The van der Waals surface area contributed by atoms with Crippen molar-refractivity contribution in [3.05, 3.63) is 54.1 Å². The van der Waals surface area contributed by atoms with Gasteiger partial charge in [-0.25, -0.2) is 4.98 Å². The van der Waals surface area contributed by atoms with Crippen LogP contribution in [0.4, 0.5) is 10.1 Å². The number of ether oxygens (including phenoxy) is 1. The molecular weight excluding hydrogens is 311 g/mol. The Morgan fingerprint density at radius 3 is 2.58 bits per heavy atom. The first-order chi connectivity index (χ1) is 11.6. The van der Waals surface area contributed by atoms with E-state index >= 15 is 0 Å². The highest BCUT2D eigenvalue weighted by Crippen LogP contribution is 2.25. The number of aliphatic hydroxyl groups excluding tert-OH is 1. The molecule has 1 aliphatic carbocycles. The van der Waals surface area contributed by atoms with Gasteiger partial charge in [0.05, 0.1) is 11.7 Å². The van der Waals surface area contributed by atoms with Gasteiger partial charge in [-0.3, -0.25) is 4.79 Å². The Labute approximate surface area is 139 Å². The highest BCUT2D eigenvalue weighted by Gasteiger charge is 2.24. The SMILES string of the molecule is O=C(Nc1ccc(OC2CCCCC2O)cc1)c1ccc(F)nc1. The third kappa shape index (κ3) is 4.08. The fourth-order valence-electron chi connectivity index (χ4n) is 2.72. The summed E-state index contributed by atoms with van der Waals surface area (Å²) in [5, 5.41) is 12.6. The first-order valence-electron chi connectivity index (χ1n) is 7.99. The number of hydrogen-bond acceptors (Lipinski definition) is 4. The van der Waals surface area contributed by atoms with Gasteiger partial charge in [0.1, 0.15) is 11.9 Å². The van der Waals surface area contributed by atoms with Crippen LogP contribution in [0.3, 0.4) is 0 Å². The number of aromatic nitrogens is 1. The zero-order valence-electron chi connectivity index (χ0n) is 13.1. The van der Waals surface area contributed by atoms with Gasteiger partial charge >= 0.3 is 0 Å². The first-order valence-corrected chi connectivity index (χ1v) is 7.99. The van der Waals surface area contributed by atoms with Crippen molar-refractivity contribution in [1.29, 1.82) is 0 Å². The molecule has 1 fully saturated rings. The Kier molecular flexibility index (Phi) is 5.05. The van der Waals surface area contributed by atoms with Crippen LogP contribution in [0, 0.1) is 5.95 Å². The Morgan fingerprint density at radius 1 is 1.17 bits per heavy atom. The summed E-state index contributed by atoms with van der Waals surface area (Å²) in [7, 11) is 0. The molecule has 2 N–H and O–H groups in total. The number of nitrogens with one attached hydrogen (secondary N) is 1. The van der Waals surface area contributed by atoms with Gasteiger partial charge in [-0.05, 0) is 55.7 Å². The Hall–Kier alpha value is -2.47. The van der Waals surface area contributed by atoms with Crippen LogP contribution in [0.15, 0.2) is 42.6 Å². The summed E-state index contributed by atoms with van der Waals surface area (Å²) in [4.78, 5) is 15.5. The summed E-state index contributed by atoms with van der Waals surface area (Å²) >= 11 is 0. The lowest BCUT2D eigenvalue weighted by atomic mass is 9.95. The first kappa shape index (κ1) is 16.4. The minimum atomic E-state index is -0.627. The molecule has 2 unspecified atom stereocenters. The van der Waals surface area contributed by atoms with Gasteiger partial charge in [-0.2, -0.15) is 4.39 Å². The van der Waals surface area contributed by atoms with Crippen molar-refractivity contribution >= 4 is 11.6 Å². The average molecular weight is 330 g/mol. The van der Waals surface area contributed by atoms with Crippen molar-refractivity contribution in [3.63, 3.8) is 0 Å². The second kappa shape index (κ2) is 7.40. The lowest BCUT2D eigenvalue weighted by Crippen LogP contribution is -2.34. The van der Waals surface area contributed by atoms with Crippen LogP contribution in [0.5, 0.6) is 5.75 Å². The Bertz CT molecular complexity index is 688. The molecule has 0 saturated heterocycles. The van der Waals surface area contributed by atoms with Crippen molar-refractivity contribution in [3.8, 4) is 5.75 Å². The number of carbonyl (C=O) groups is 1. The molecule has 2 atom stereocenters. The van der Waals surface area contributed by atoms with Crippen LogP contribution in [0.2, 0.25) is 0 Å². The minimum absolute atomic E-state index is 0.176. The van der Waals surface area contributed by atoms with Gasteiger partial charge in [0.15, 0.2) is 0 Å². The highest BCUT2D eigenvalue weighted by atomic mass is 19.1. The van der Waals surface area contributed by atoms with Gasteiger partial charge < -0.3 is 15.2 Å². The predicted octanol–water partition coefficient (Wildman–Crippen LogP) is 3.16. The number of nitrogens with zero attached hydrogens (tertiary/aromatic N) is 1. The molecule has 0 spiro atoms. The molecule has 1 aromatic heterocycles. The van der Waals surface area contributed by atoms with Crippen LogP contribution in [-0.2, 0) is 0 Å². The number of pyridine rings is 1. The van der Waals surface area contributed by atoms with Gasteiger partial charge in [0.25, 0.3) is 5.91 Å². The number of benzene rings is 1.